The number of hydrogen-bond donors (Lipinski definition) is 1. The van der Waals surface area contributed by atoms with Crippen LogP contribution in [0.15, 0.2) is 48.5 Å². The molecule has 2 N–H and O–H groups in total. The van der Waals surface area contributed by atoms with E-state index in [4.69, 9.17) is 17.3 Å². The molecule has 1 fully saturated rings. The zero-order chi connectivity index (χ0) is 20.1. The molecule has 1 aliphatic rings. The number of hydrogen-bond acceptors (Lipinski definition) is 6. The molecule has 146 valence electrons. The highest BCUT2D eigenvalue weighted by Crippen LogP contribution is 2.43. The fraction of sp³-hybridized carbons (Fsp3) is 0.200. The summed E-state index contributed by atoms with van der Waals surface area (Å²) in [5.74, 6) is 0.740. The standard InChI is InChI=1S/C20H17ClN6OS/c1-11-23-14-4-2-3-5-15(14)26(11)10-16-24-25-20(29-16)27-18(17(21)19(27)28)12-6-8-13(22)9-7-12/h2-9,17-18H,10,22H2,1H3. The van der Waals surface area contributed by atoms with E-state index in [9.17, 15) is 4.79 Å². The quantitative estimate of drug-likeness (QED) is 0.307. The number of fused-ring (bicyclic) bond motifs is 1. The van der Waals surface area contributed by atoms with Crippen molar-refractivity contribution >= 4 is 50.7 Å². The fourth-order valence-corrected chi connectivity index (χ4v) is 4.85. The van der Waals surface area contributed by atoms with Crippen molar-refractivity contribution in [3.8, 4) is 0 Å². The molecule has 0 saturated carbocycles. The molecule has 7 nitrogen and oxygen atoms in total. The zero-order valence-corrected chi connectivity index (χ0v) is 17.1. The third kappa shape index (κ3) is 2.95. The summed E-state index contributed by atoms with van der Waals surface area (Å²) in [4.78, 5) is 18.7. The minimum atomic E-state index is -0.620. The number of benzene rings is 2. The molecule has 4 aromatic rings. The first-order chi connectivity index (χ1) is 14.0. The van der Waals surface area contributed by atoms with Crippen molar-refractivity contribution in [2.24, 2.45) is 0 Å². The Balaban J connectivity index is 1.44. The van der Waals surface area contributed by atoms with E-state index in [1.165, 1.54) is 11.3 Å². The highest BCUT2D eigenvalue weighted by Gasteiger charge is 2.49. The fourth-order valence-electron chi connectivity index (χ4n) is 3.62. The van der Waals surface area contributed by atoms with E-state index in [1.54, 1.807) is 17.0 Å². The number of amides is 1. The van der Waals surface area contributed by atoms with Crippen LogP contribution in [0.2, 0.25) is 0 Å². The van der Waals surface area contributed by atoms with E-state index in [-0.39, 0.29) is 11.9 Å². The van der Waals surface area contributed by atoms with Crippen molar-refractivity contribution in [3.05, 3.63) is 64.9 Å². The van der Waals surface area contributed by atoms with Gasteiger partial charge in [0.1, 0.15) is 16.2 Å². The molecule has 2 aromatic carbocycles. The van der Waals surface area contributed by atoms with Crippen molar-refractivity contribution in [3.63, 3.8) is 0 Å². The lowest BCUT2D eigenvalue weighted by atomic mass is 9.94. The van der Waals surface area contributed by atoms with E-state index in [0.717, 1.165) is 27.4 Å². The average molecular weight is 425 g/mol. The Morgan fingerprint density at radius 3 is 2.69 bits per heavy atom. The number of aromatic nitrogens is 4. The van der Waals surface area contributed by atoms with Crippen molar-refractivity contribution < 1.29 is 4.79 Å². The molecule has 2 unspecified atom stereocenters. The number of anilines is 2. The molecular weight excluding hydrogens is 408 g/mol. The first-order valence-electron chi connectivity index (χ1n) is 9.10. The number of imidazole rings is 1. The lowest BCUT2D eigenvalue weighted by molar-refractivity contribution is -0.123. The van der Waals surface area contributed by atoms with Gasteiger partial charge in [0, 0.05) is 5.69 Å². The van der Waals surface area contributed by atoms with Crippen molar-refractivity contribution in [1.29, 1.82) is 0 Å². The Morgan fingerprint density at radius 2 is 1.90 bits per heavy atom. The Labute approximate surface area is 175 Å². The largest absolute Gasteiger partial charge is 0.399 e. The predicted molar refractivity (Wildman–Crippen MR) is 114 cm³/mol. The lowest BCUT2D eigenvalue weighted by Crippen LogP contribution is -2.56. The minimum Gasteiger partial charge on any atom is -0.399 e. The third-order valence-corrected chi connectivity index (χ3v) is 6.44. The summed E-state index contributed by atoms with van der Waals surface area (Å²) in [6, 6.07) is 15.1. The number of nitrogens with two attached hydrogens (primary N) is 1. The van der Waals surface area contributed by atoms with Crippen LogP contribution >= 0.6 is 22.9 Å². The van der Waals surface area contributed by atoms with Crippen molar-refractivity contribution in [2.45, 2.75) is 24.9 Å². The summed E-state index contributed by atoms with van der Waals surface area (Å²) in [6.07, 6.45) is 0. The number of halogens is 1. The first kappa shape index (κ1) is 18.1. The van der Waals surface area contributed by atoms with E-state index in [1.807, 2.05) is 43.3 Å². The molecule has 0 spiro atoms. The molecule has 1 amide bonds. The lowest BCUT2D eigenvalue weighted by Gasteiger charge is -2.42. The average Bonchev–Trinajstić information content (AvgIpc) is 3.31. The van der Waals surface area contributed by atoms with Gasteiger partial charge in [0.25, 0.3) is 0 Å². The molecular formula is C20H17ClN6OS. The number of carbonyl (C=O) groups is 1. The van der Waals surface area contributed by atoms with Crippen molar-refractivity contribution in [2.75, 3.05) is 10.6 Å². The number of aryl methyl sites for hydroxylation is 1. The van der Waals surface area contributed by atoms with Gasteiger partial charge in [-0.25, -0.2) is 4.98 Å². The number of rotatable bonds is 4. The molecule has 0 bridgehead atoms. The van der Waals surface area contributed by atoms with E-state index in [0.29, 0.717) is 17.4 Å². The molecule has 0 aliphatic carbocycles. The second kappa shape index (κ2) is 6.82. The zero-order valence-electron chi connectivity index (χ0n) is 15.5. The molecule has 29 heavy (non-hydrogen) atoms. The van der Waals surface area contributed by atoms with Gasteiger partial charge >= 0.3 is 0 Å². The topological polar surface area (TPSA) is 89.9 Å². The van der Waals surface area contributed by atoms with Gasteiger partial charge < -0.3 is 10.3 Å². The Morgan fingerprint density at radius 1 is 1.14 bits per heavy atom. The molecule has 2 aromatic heterocycles. The van der Waals surface area contributed by atoms with Gasteiger partial charge in [0.2, 0.25) is 11.0 Å². The molecule has 5 rings (SSSR count). The monoisotopic (exact) mass is 424 g/mol. The van der Waals surface area contributed by atoms with Crippen LogP contribution in [0.4, 0.5) is 10.8 Å². The molecule has 2 atom stereocenters. The summed E-state index contributed by atoms with van der Waals surface area (Å²) in [6.45, 7) is 2.51. The molecule has 1 saturated heterocycles. The summed E-state index contributed by atoms with van der Waals surface area (Å²) in [5, 5.41) is 9.30. The van der Waals surface area contributed by atoms with Crippen LogP contribution in [-0.2, 0) is 11.3 Å². The molecule has 0 radical (unpaired) electrons. The van der Waals surface area contributed by atoms with E-state index < -0.39 is 5.38 Å². The second-order valence-corrected chi connectivity index (χ2v) is 8.44. The Hall–Kier alpha value is -2.97. The number of nitrogen functional groups attached to an aromatic ring is 1. The number of para-hydroxylation sites is 2. The molecule has 1 aliphatic heterocycles. The van der Waals surface area contributed by atoms with Gasteiger partial charge in [-0.05, 0) is 36.8 Å². The van der Waals surface area contributed by atoms with Crippen LogP contribution in [0.5, 0.6) is 0 Å². The van der Waals surface area contributed by atoms with E-state index >= 15 is 0 Å². The Bertz CT molecular complexity index is 1220. The first-order valence-corrected chi connectivity index (χ1v) is 10.3. The smallest absolute Gasteiger partial charge is 0.250 e. The summed E-state index contributed by atoms with van der Waals surface area (Å²) < 4.78 is 2.10. The van der Waals surface area contributed by atoms with E-state index in [2.05, 4.69) is 19.7 Å². The van der Waals surface area contributed by atoms with Crippen LogP contribution < -0.4 is 10.6 Å². The van der Waals surface area contributed by atoms with Crippen LogP contribution in [-0.4, -0.2) is 31.0 Å². The predicted octanol–water partition coefficient (Wildman–Crippen LogP) is 3.52. The maximum Gasteiger partial charge on any atom is 0.250 e. The normalized spacial score (nSPS) is 19.0. The number of alkyl halides is 1. The maximum atomic E-state index is 12.5. The SMILES string of the molecule is Cc1nc2ccccc2n1Cc1nnc(N2C(=O)C(Cl)C2c2ccc(N)cc2)s1. The highest BCUT2D eigenvalue weighted by atomic mass is 35.5. The van der Waals surface area contributed by atoms with Crippen LogP contribution in [0, 0.1) is 6.92 Å². The van der Waals surface area contributed by atoms with Gasteiger partial charge in [-0.15, -0.1) is 21.8 Å². The van der Waals surface area contributed by atoms with Crippen LogP contribution in [0.1, 0.15) is 22.4 Å². The summed E-state index contributed by atoms with van der Waals surface area (Å²) in [5.41, 5.74) is 9.35. The highest BCUT2D eigenvalue weighted by molar-refractivity contribution is 7.15. The summed E-state index contributed by atoms with van der Waals surface area (Å²) >= 11 is 7.70. The van der Waals surface area contributed by atoms with Crippen molar-refractivity contribution in [1.82, 2.24) is 19.7 Å². The van der Waals surface area contributed by atoms with Gasteiger partial charge in [0.15, 0.2) is 0 Å². The van der Waals surface area contributed by atoms with Gasteiger partial charge in [-0.1, -0.05) is 35.6 Å². The minimum absolute atomic E-state index is 0.166. The second-order valence-electron chi connectivity index (χ2n) is 6.93. The molecule has 9 heteroatoms. The third-order valence-electron chi connectivity index (χ3n) is 5.11. The Kier molecular flexibility index (Phi) is 4.25. The van der Waals surface area contributed by atoms with Gasteiger partial charge in [-0.3, -0.25) is 9.69 Å². The molecule has 3 heterocycles. The van der Waals surface area contributed by atoms with Gasteiger partial charge in [0.05, 0.1) is 23.6 Å². The maximum absolute atomic E-state index is 12.5. The summed E-state index contributed by atoms with van der Waals surface area (Å²) in [7, 11) is 0. The number of nitrogens with zero attached hydrogens (tertiary/aromatic N) is 5. The van der Waals surface area contributed by atoms with Gasteiger partial charge in [-0.2, -0.15) is 0 Å². The number of carbonyl (C=O) groups excluding carboxylic acids is 1. The number of β-lactam (4-membered cyclic amide) rings is 1. The van der Waals surface area contributed by atoms with Crippen LogP contribution in [0.25, 0.3) is 11.0 Å². The van der Waals surface area contributed by atoms with Crippen LogP contribution in [0.3, 0.4) is 0 Å².